The minimum atomic E-state index is -0.179. The molecule has 1 unspecified atom stereocenters. The lowest BCUT2D eigenvalue weighted by Crippen LogP contribution is -2.22. The van der Waals surface area contributed by atoms with Gasteiger partial charge in [-0.05, 0) is 69.5 Å². The van der Waals surface area contributed by atoms with E-state index in [1.165, 1.54) is 16.5 Å². The van der Waals surface area contributed by atoms with E-state index < -0.39 is 0 Å². The van der Waals surface area contributed by atoms with Crippen LogP contribution in [0.3, 0.4) is 0 Å². The topological polar surface area (TPSA) is 12.0 Å². The van der Waals surface area contributed by atoms with Gasteiger partial charge in [0.05, 0.1) is 6.04 Å². The van der Waals surface area contributed by atoms with Gasteiger partial charge in [-0.2, -0.15) is 11.3 Å². The second-order valence-corrected chi connectivity index (χ2v) is 7.61. The highest BCUT2D eigenvalue weighted by atomic mass is 79.9. The molecule has 1 atom stereocenters. The van der Waals surface area contributed by atoms with Crippen molar-refractivity contribution in [2.24, 2.45) is 0 Å². The van der Waals surface area contributed by atoms with Gasteiger partial charge in [-0.15, -0.1) is 11.3 Å². The number of thiophene rings is 2. The van der Waals surface area contributed by atoms with E-state index in [1.54, 1.807) is 28.7 Å². The molecule has 21 heavy (non-hydrogen) atoms. The van der Waals surface area contributed by atoms with Crippen LogP contribution in [0.4, 0.5) is 4.39 Å². The molecule has 0 aliphatic carbocycles. The van der Waals surface area contributed by atoms with Crippen molar-refractivity contribution in [3.8, 4) is 0 Å². The maximum atomic E-state index is 13.4. The summed E-state index contributed by atoms with van der Waals surface area (Å²) in [6.07, 6.45) is 1.08. The Hall–Kier alpha value is -0.750. The molecule has 2 aromatic heterocycles. The first-order chi connectivity index (χ1) is 10.2. The Balaban J connectivity index is 2.03. The molecule has 1 N–H and O–H groups in total. The van der Waals surface area contributed by atoms with Crippen molar-refractivity contribution in [3.05, 3.63) is 55.8 Å². The summed E-state index contributed by atoms with van der Waals surface area (Å²) >= 11 is 7.04. The van der Waals surface area contributed by atoms with E-state index in [2.05, 4.69) is 45.0 Å². The van der Waals surface area contributed by atoms with E-state index in [0.717, 1.165) is 27.5 Å². The fraction of sp³-hybridized carbons (Fsp3) is 0.250. The Bertz CT molecular complexity index is 750. The van der Waals surface area contributed by atoms with E-state index >= 15 is 0 Å². The van der Waals surface area contributed by atoms with Gasteiger partial charge in [-0.25, -0.2) is 4.39 Å². The summed E-state index contributed by atoms with van der Waals surface area (Å²) in [5.74, 6) is -0.179. The van der Waals surface area contributed by atoms with Gasteiger partial charge in [0.25, 0.3) is 0 Å². The molecule has 0 fully saturated rings. The number of nitrogens with one attached hydrogen (secondary N) is 1. The van der Waals surface area contributed by atoms with Crippen molar-refractivity contribution in [2.75, 3.05) is 6.54 Å². The molecule has 0 aliphatic heterocycles. The van der Waals surface area contributed by atoms with Crippen molar-refractivity contribution in [2.45, 2.75) is 19.4 Å². The molecular weight excluding hydrogens is 369 g/mol. The van der Waals surface area contributed by atoms with Gasteiger partial charge in [-0.3, -0.25) is 0 Å². The van der Waals surface area contributed by atoms with Gasteiger partial charge in [0.1, 0.15) is 5.82 Å². The maximum absolute atomic E-state index is 13.4. The predicted molar refractivity (Wildman–Crippen MR) is 93.9 cm³/mol. The van der Waals surface area contributed by atoms with Crippen molar-refractivity contribution >= 4 is 48.7 Å². The molecule has 0 spiro atoms. The smallest absolute Gasteiger partial charge is 0.123 e. The van der Waals surface area contributed by atoms with E-state index in [0.29, 0.717) is 0 Å². The fourth-order valence-corrected chi connectivity index (χ4v) is 5.02. The van der Waals surface area contributed by atoms with E-state index in [4.69, 9.17) is 0 Å². The van der Waals surface area contributed by atoms with Gasteiger partial charge in [-0.1, -0.05) is 6.92 Å². The van der Waals surface area contributed by atoms with Gasteiger partial charge in [0, 0.05) is 19.4 Å². The summed E-state index contributed by atoms with van der Waals surface area (Å²) < 4.78 is 15.6. The van der Waals surface area contributed by atoms with Crippen LogP contribution >= 0.6 is 38.6 Å². The van der Waals surface area contributed by atoms with Crippen molar-refractivity contribution in [3.63, 3.8) is 0 Å². The third-order valence-corrected chi connectivity index (χ3v) is 6.27. The van der Waals surface area contributed by atoms with Crippen LogP contribution in [-0.4, -0.2) is 6.54 Å². The Morgan fingerprint density at radius 1 is 1.29 bits per heavy atom. The Kier molecular flexibility index (Phi) is 4.74. The summed E-state index contributed by atoms with van der Waals surface area (Å²) in [6, 6.07) is 7.25. The summed E-state index contributed by atoms with van der Waals surface area (Å²) in [5, 5.41) is 8.84. The van der Waals surface area contributed by atoms with Crippen LogP contribution in [0.2, 0.25) is 0 Å². The third-order valence-electron chi connectivity index (χ3n) is 3.33. The standard InChI is InChI=1S/C16H15BrFNS2/c1-2-5-19-16(12-8-20-9-13(12)17)15-7-10-6-11(18)3-4-14(10)21-15/h3-4,6-9,16,19H,2,5H2,1H3. The first-order valence-electron chi connectivity index (χ1n) is 6.83. The quantitative estimate of drug-likeness (QED) is 0.573. The summed E-state index contributed by atoms with van der Waals surface area (Å²) in [5.41, 5.74) is 1.25. The molecule has 0 saturated heterocycles. The Morgan fingerprint density at radius 3 is 2.86 bits per heavy atom. The zero-order chi connectivity index (χ0) is 14.8. The number of hydrogen-bond donors (Lipinski definition) is 1. The minimum absolute atomic E-state index is 0.158. The molecule has 1 aromatic carbocycles. The number of benzene rings is 1. The first-order valence-corrected chi connectivity index (χ1v) is 9.38. The zero-order valence-corrected chi connectivity index (χ0v) is 14.7. The molecule has 0 radical (unpaired) electrons. The number of rotatable bonds is 5. The molecule has 3 aromatic rings. The molecule has 2 heterocycles. The van der Waals surface area contributed by atoms with Crippen LogP contribution in [0.1, 0.15) is 29.8 Å². The second-order valence-electron chi connectivity index (χ2n) is 4.89. The van der Waals surface area contributed by atoms with Crippen molar-refractivity contribution in [1.82, 2.24) is 5.32 Å². The molecule has 0 saturated carbocycles. The zero-order valence-electron chi connectivity index (χ0n) is 11.5. The van der Waals surface area contributed by atoms with Gasteiger partial charge >= 0.3 is 0 Å². The highest BCUT2D eigenvalue weighted by Crippen LogP contribution is 2.37. The van der Waals surface area contributed by atoms with Crippen LogP contribution < -0.4 is 5.32 Å². The highest BCUT2D eigenvalue weighted by Gasteiger charge is 2.19. The van der Waals surface area contributed by atoms with E-state index in [1.807, 2.05) is 6.07 Å². The predicted octanol–water partition coefficient (Wildman–Crippen LogP) is 5.95. The molecule has 110 valence electrons. The van der Waals surface area contributed by atoms with E-state index in [9.17, 15) is 4.39 Å². The molecule has 1 nitrogen and oxygen atoms in total. The Labute approximate surface area is 139 Å². The molecule has 0 amide bonds. The monoisotopic (exact) mass is 383 g/mol. The molecular formula is C16H15BrFNS2. The van der Waals surface area contributed by atoms with Crippen LogP contribution in [-0.2, 0) is 0 Å². The van der Waals surface area contributed by atoms with Crippen LogP contribution in [0.25, 0.3) is 10.1 Å². The molecule has 3 rings (SSSR count). The highest BCUT2D eigenvalue weighted by molar-refractivity contribution is 9.10. The molecule has 0 bridgehead atoms. The van der Waals surface area contributed by atoms with Crippen LogP contribution in [0.15, 0.2) is 39.5 Å². The average Bonchev–Trinajstić information content (AvgIpc) is 3.06. The van der Waals surface area contributed by atoms with Gasteiger partial charge in [0.15, 0.2) is 0 Å². The largest absolute Gasteiger partial charge is 0.306 e. The lowest BCUT2D eigenvalue weighted by atomic mass is 10.1. The first kappa shape index (κ1) is 15.2. The fourth-order valence-electron chi connectivity index (χ4n) is 2.33. The molecule has 5 heteroatoms. The summed E-state index contributed by atoms with van der Waals surface area (Å²) in [4.78, 5) is 1.23. The number of halogens is 2. The van der Waals surface area contributed by atoms with Gasteiger partial charge in [0.2, 0.25) is 0 Å². The number of fused-ring (bicyclic) bond motifs is 1. The van der Waals surface area contributed by atoms with Crippen molar-refractivity contribution in [1.29, 1.82) is 0 Å². The molecule has 0 aliphatic rings. The van der Waals surface area contributed by atoms with Gasteiger partial charge < -0.3 is 5.32 Å². The van der Waals surface area contributed by atoms with E-state index in [-0.39, 0.29) is 11.9 Å². The van der Waals surface area contributed by atoms with Crippen molar-refractivity contribution < 1.29 is 4.39 Å². The van der Waals surface area contributed by atoms with Crippen LogP contribution in [0.5, 0.6) is 0 Å². The third kappa shape index (κ3) is 3.21. The SMILES string of the molecule is CCCNC(c1cc2cc(F)ccc2s1)c1cscc1Br. The minimum Gasteiger partial charge on any atom is -0.306 e. The lowest BCUT2D eigenvalue weighted by Gasteiger charge is -2.16. The lowest BCUT2D eigenvalue weighted by molar-refractivity contribution is 0.606. The second kappa shape index (κ2) is 6.57. The summed E-state index contributed by atoms with van der Waals surface area (Å²) in [7, 11) is 0. The normalized spacial score (nSPS) is 12.9. The number of hydrogen-bond acceptors (Lipinski definition) is 3. The van der Waals surface area contributed by atoms with Crippen LogP contribution in [0, 0.1) is 5.82 Å². The Morgan fingerprint density at radius 2 is 2.14 bits per heavy atom. The summed E-state index contributed by atoms with van der Waals surface area (Å²) in [6.45, 7) is 3.11. The average molecular weight is 384 g/mol. The maximum Gasteiger partial charge on any atom is 0.123 e.